The molecule has 2 rings (SSSR count). The van der Waals surface area contributed by atoms with Crippen molar-refractivity contribution in [3.8, 4) is 11.1 Å². The second-order valence-corrected chi connectivity index (χ2v) is 2.95. The molecule has 3 N–H and O–H groups in total. The highest BCUT2D eigenvalue weighted by atomic mass is 19.2. The van der Waals surface area contributed by atoms with Crippen molar-refractivity contribution < 1.29 is 13.2 Å². The second-order valence-electron chi connectivity index (χ2n) is 2.95. The molecule has 0 atom stereocenters. The first kappa shape index (κ1) is 9.57. The maximum atomic E-state index is 13.3. The van der Waals surface area contributed by atoms with Crippen LogP contribution in [0.15, 0.2) is 18.3 Å². The number of nitrogen functional groups attached to an aromatic ring is 1. The lowest BCUT2D eigenvalue weighted by Crippen LogP contribution is -1.94. The van der Waals surface area contributed by atoms with E-state index in [-0.39, 0.29) is 16.9 Å². The summed E-state index contributed by atoms with van der Waals surface area (Å²) in [7, 11) is 0. The number of nitrogens with zero attached hydrogens (tertiary/aromatic N) is 1. The highest BCUT2D eigenvalue weighted by molar-refractivity contribution is 5.73. The summed E-state index contributed by atoms with van der Waals surface area (Å²) in [5.41, 5.74) is 5.29. The van der Waals surface area contributed by atoms with Gasteiger partial charge in [0.25, 0.3) is 0 Å². The number of halogens is 3. The zero-order valence-corrected chi connectivity index (χ0v) is 7.39. The van der Waals surface area contributed by atoms with E-state index >= 15 is 0 Å². The number of H-pyrrole nitrogens is 1. The van der Waals surface area contributed by atoms with Gasteiger partial charge in [-0.25, -0.2) is 13.2 Å². The molecule has 15 heavy (non-hydrogen) atoms. The van der Waals surface area contributed by atoms with E-state index in [9.17, 15) is 13.2 Å². The van der Waals surface area contributed by atoms with Crippen LogP contribution in [0.25, 0.3) is 11.1 Å². The average Bonchev–Trinajstić information content (AvgIpc) is 2.58. The number of nitrogens with one attached hydrogen (secondary N) is 1. The number of aromatic amines is 1. The van der Waals surface area contributed by atoms with Gasteiger partial charge < -0.3 is 5.73 Å². The van der Waals surface area contributed by atoms with E-state index in [0.717, 1.165) is 6.07 Å². The monoisotopic (exact) mass is 213 g/mol. The fourth-order valence-corrected chi connectivity index (χ4v) is 1.26. The van der Waals surface area contributed by atoms with E-state index in [0.29, 0.717) is 6.07 Å². The van der Waals surface area contributed by atoms with Crippen molar-refractivity contribution in [3.05, 3.63) is 35.8 Å². The number of hydrogen-bond acceptors (Lipinski definition) is 2. The van der Waals surface area contributed by atoms with E-state index in [1.807, 2.05) is 0 Å². The molecule has 0 saturated heterocycles. The van der Waals surface area contributed by atoms with Crippen LogP contribution in [0.4, 0.5) is 19.0 Å². The van der Waals surface area contributed by atoms with Crippen molar-refractivity contribution in [2.45, 2.75) is 0 Å². The van der Waals surface area contributed by atoms with Crippen LogP contribution in [0.3, 0.4) is 0 Å². The SMILES string of the molecule is Nc1[nH]ncc1-c1cc(F)cc(F)c1F. The molecule has 0 fully saturated rings. The Morgan fingerprint density at radius 3 is 2.47 bits per heavy atom. The summed E-state index contributed by atoms with van der Waals surface area (Å²) in [4.78, 5) is 0. The Morgan fingerprint density at radius 2 is 1.87 bits per heavy atom. The molecule has 78 valence electrons. The summed E-state index contributed by atoms with van der Waals surface area (Å²) in [6, 6.07) is 1.33. The molecule has 3 nitrogen and oxygen atoms in total. The number of anilines is 1. The van der Waals surface area contributed by atoms with E-state index in [2.05, 4.69) is 10.2 Å². The Morgan fingerprint density at radius 1 is 1.13 bits per heavy atom. The summed E-state index contributed by atoms with van der Waals surface area (Å²) in [5, 5.41) is 5.89. The quantitative estimate of drug-likeness (QED) is 0.712. The van der Waals surface area contributed by atoms with Gasteiger partial charge in [0.15, 0.2) is 11.6 Å². The molecule has 0 bridgehead atoms. The van der Waals surface area contributed by atoms with Gasteiger partial charge in [-0.15, -0.1) is 0 Å². The Labute approximate surface area is 82.7 Å². The normalized spacial score (nSPS) is 10.6. The number of nitrogens with two attached hydrogens (primary N) is 1. The molecule has 0 aliphatic rings. The zero-order valence-electron chi connectivity index (χ0n) is 7.39. The maximum absolute atomic E-state index is 13.3. The minimum atomic E-state index is -1.26. The number of benzene rings is 1. The molecule has 0 radical (unpaired) electrons. The lowest BCUT2D eigenvalue weighted by Gasteiger charge is -2.02. The van der Waals surface area contributed by atoms with Gasteiger partial charge in [-0.05, 0) is 6.07 Å². The van der Waals surface area contributed by atoms with Crippen LogP contribution >= 0.6 is 0 Å². The average molecular weight is 213 g/mol. The second kappa shape index (κ2) is 3.30. The van der Waals surface area contributed by atoms with Gasteiger partial charge in [-0.2, -0.15) is 5.10 Å². The number of hydrogen-bond donors (Lipinski definition) is 2. The first-order chi connectivity index (χ1) is 7.09. The van der Waals surface area contributed by atoms with Gasteiger partial charge in [0.2, 0.25) is 0 Å². The van der Waals surface area contributed by atoms with Crippen LogP contribution in [0.2, 0.25) is 0 Å². The fourth-order valence-electron chi connectivity index (χ4n) is 1.26. The molecule has 0 aliphatic heterocycles. The van der Waals surface area contributed by atoms with Crippen LogP contribution in [0, 0.1) is 17.5 Å². The highest BCUT2D eigenvalue weighted by Crippen LogP contribution is 2.28. The van der Waals surface area contributed by atoms with Crippen LogP contribution < -0.4 is 5.73 Å². The Hall–Kier alpha value is -1.98. The topological polar surface area (TPSA) is 54.7 Å². The Bertz CT molecular complexity index is 507. The van der Waals surface area contributed by atoms with Crippen molar-refractivity contribution >= 4 is 5.82 Å². The molecule has 0 spiro atoms. The predicted octanol–water partition coefficient (Wildman–Crippen LogP) is 2.08. The third-order valence-corrected chi connectivity index (χ3v) is 1.95. The lowest BCUT2D eigenvalue weighted by molar-refractivity contribution is 0.497. The molecule has 1 aromatic carbocycles. The van der Waals surface area contributed by atoms with Crippen LogP contribution in [-0.4, -0.2) is 10.2 Å². The van der Waals surface area contributed by atoms with Gasteiger partial charge in [-0.3, -0.25) is 5.10 Å². The predicted molar refractivity (Wildman–Crippen MR) is 48.3 cm³/mol. The minimum absolute atomic E-state index is 0.0545. The summed E-state index contributed by atoms with van der Waals surface area (Å²) in [5.74, 6) is -3.22. The van der Waals surface area contributed by atoms with Gasteiger partial charge >= 0.3 is 0 Å². The Kier molecular flexibility index (Phi) is 2.11. The zero-order chi connectivity index (χ0) is 11.0. The van der Waals surface area contributed by atoms with Crippen molar-refractivity contribution in [2.75, 3.05) is 5.73 Å². The first-order valence-corrected chi connectivity index (χ1v) is 4.03. The van der Waals surface area contributed by atoms with Gasteiger partial charge in [0, 0.05) is 17.2 Å². The number of aromatic nitrogens is 2. The van der Waals surface area contributed by atoms with Crippen LogP contribution in [0.5, 0.6) is 0 Å². The van der Waals surface area contributed by atoms with Crippen molar-refractivity contribution in [1.29, 1.82) is 0 Å². The van der Waals surface area contributed by atoms with E-state index in [1.165, 1.54) is 6.20 Å². The molecular formula is C9H6F3N3. The summed E-state index contributed by atoms with van der Waals surface area (Å²) < 4.78 is 39.0. The van der Waals surface area contributed by atoms with Crippen LogP contribution in [-0.2, 0) is 0 Å². The van der Waals surface area contributed by atoms with E-state index < -0.39 is 17.5 Å². The fraction of sp³-hybridized carbons (Fsp3) is 0. The van der Waals surface area contributed by atoms with Crippen LogP contribution in [0.1, 0.15) is 0 Å². The molecule has 0 saturated carbocycles. The molecule has 1 aromatic heterocycles. The van der Waals surface area contributed by atoms with Gasteiger partial charge in [0.05, 0.1) is 6.20 Å². The Balaban J connectivity index is 2.68. The minimum Gasteiger partial charge on any atom is -0.384 e. The summed E-state index contributed by atoms with van der Waals surface area (Å²) >= 11 is 0. The van der Waals surface area contributed by atoms with Gasteiger partial charge in [0.1, 0.15) is 11.6 Å². The van der Waals surface area contributed by atoms with E-state index in [1.54, 1.807) is 0 Å². The summed E-state index contributed by atoms with van der Waals surface area (Å²) in [6.07, 6.45) is 1.20. The summed E-state index contributed by atoms with van der Waals surface area (Å²) in [6.45, 7) is 0. The maximum Gasteiger partial charge on any atom is 0.167 e. The lowest BCUT2D eigenvalue weighted by atomic mass is 10.1. The molecule has 6 heteroatoms. The van der Waals surface area contributed by atoms with E-state index in [4.69, 9.17) is 5.73 Å². The number of rotatable bonds is 1. The molecule has 2 aromatic rings. The first-order valence-electron chi connectivity index (χ1n) is 4.03. The third kappa shape index (κ3) is 1.54. The standard InChI is InChI=1S/C9H6F3N3/c10-4-1-5(8(12)7(11)2-4)6-3-14-15-9(6)13/h1-3H,(H3,13,14,15). The largest absolute Gasteiger partial charge is 0.384 e. The molecule has 0 unspecified atom stereocenters. The third-order valence-electron chi connectivity index (χ3n) is 1.95. The molecule has 1 heterocycles. The van der Waals surface area contributed by atoms with Crippen molar-refractivity contribution in [2.24, 2.45) is 0 Å². The smallest absolute Gasteiger partial charge is 0.167 e. The molecule has 0 amide bonds. The van der Waals surface area contributed by atoms with Gasteiger partial charge in [-0.1, -0.05) is 0 Å². The van der Waals surface area contributed by atoms with Crippen molar-refractivity contribution in [3.63, 3.8) is 0 Å². The molecular weight excluding hydrogens is 207 g/mol. The molecule has 0 aliphatic carbocycles. The van der Waals surface area contributed by atoms with Crippen molar-refractivity contribution in [1.82, 2.24) is 10.2 Å². The highest BCUT2D eigenvalue weighted by Gasteiger charge is 2.15.